The van der Waals surface area contributed by atoms with Crippen LogP contribution in [0.1, 0.15) is 11.1 Å². The fourth-order valence-electron chi connectivity index (χ4n) is 2.61. The molecule has 0 radical (unpaired) electrons. The van der Waals surface area contributed by atoms with E-state index >= 15 is 0 Å². The molecule has 1 aliphatic heterocycles. The van der Waals surface area contributed by atoms with Crippen molar-refractivity contribution in [1.82, 2.24) is 5.32 Å². The largest absolute Gasteiger partial charge is 0.489 e. The molecule has 1 fully saturated rings. The third kappa shape index (κ3) is 5.42. The zero-order valence-corrected chi connectivity index (χ0v) is 15.3. The standard InChI is InChI=1S/C19H21FN2O3.ClH/c1-13-9-16(25-11-14-3-2-4-15(20)10-14)5-6-17(13)22-19(23)18-12-24-8-7-21-18;/h2-6,9-10,18,21H,7-8,11-12H2,1H3,(H,22,23);1H. The number of ether oxygens (including phenoxy) is 2. The molecule has 0 spiro atoms. The van der Waals surface area contributed by atoms with Gasteiger partial charge in [-0.15, -0.1) is 12.4 Å². The molecular weight excluding hydrogens is 359 g/mol. The van der Waals surface area contributed by atoms with E-state index in [0.29, 0.717) is 25.5 Å². The van der Waals surface area contributed by atoms with Gasteiger partial charge in [0.1, 0.15) is 24.2 Å². The lowest BCUT2D eigenvalue weighted by Crippen LogP contribution is -2.48. The summed E-state index contributed by atoms with van der Waals surface area (Å²) in [6.45, 7) is 3.85. The van der Waals surface area contributed by atoms with Crippen LogP contribution in [0.2, 0.25) is 0 Å². The van der Waals surface area contributed by atoms with E-state index in [0.717, 1.165) is 16.8 Å². The van der Waals surface area contributed by atoms with Gasteiger partial charge in [0.25, 0.3) is 0 Å². The minimum atomic E-state index is -0.336. The number of nitrogens with one attached hydrogen (secondary N) is 2. The van der Waals surface area contributed by atoms with Crippen LogP contribution in [0.4, 0.5) is 10.1 Å². The van der Waals surface area contributed by atoms with Gasteiger partial charge in [-0.1, -0.05) is 12.1 Å². The van der Waals surface area contributed by atoms with Crippen LogP contribution in [0.3, 0.4) is 0 Å². The van der Waals surface area contributed by atoms with E-state index in [4.69, 9.17) is 9.47 Å². The molecule has 3 rings (SSSR count). The number of morpholine rings is 1. The quantitative estimate of drug-likeness (QED) is 0.837. The molecule has 0 bridgehead atoms. The first-order chi connectivity index (χ1) is 12.1. The third-order valence-electron chi connectivity index (χ3n) is 3.99. The fourth-order valence-corrected chi connectivity index (χ4v) is 2.61. The summed E-state index contributed by atoms with van der Waals surface area (Å²) in [5.74, 6) is 0.269. The Kier molecular flexibility index (Phi) is 7.38. The van der Waals surface area contributed by atoms with Crippen LogP contribution >= 0.6 is 12.4 Å². The highest BCUT2D eigenvalue weighted by molar-refractivity contribution is 5.95. The van der Waals surface area contributed by atoms with Gasteiger partial charge in [0.15, 0.2) is 0 Å². The second-order valence-corrected chi connectivity index (χ2v) is 5.97. The summed E-state index contributed by atoms with van der Waals surface area (Å²) in [5.41, 5.74) is 2.38. The molecule has 5 nitrogen and oxygen atoms in total. The van der Waals surface area contributed by atoms with Gasteiger partial charge in [-0.25, -0.2) is 4.39 Å². The zero-order chi connectivity index (χ0) is 17.6. The molecular formula is C19H22ClFN2O3. The van der Waals surface area contributed by atoms with Crippen molar-refractivity contribution in [1.29, 1.82) is 0 Å². The van der Waals surface area contributed by atoms with Gasteiger partial charge in [-0.3, -0.25) is 4.79 Å². The second-order valence-electron chi connectivity index (χ2n) is 5.97. The number of rotatable bonds is 5. The minimum Gasteiger partial charge on any atom is -0.489 e. The lowest BCUT2D eigenvalue weighted by atomic mass is 10.1. The maximum atomic E-state index is 13.2. The maximum Gasteiger partial charge on any atom is 0.243 e. The molecule has 0 saturated carbocycles. The SMILES string of the molecule is Cc1cc(OCc2cccc(F)c2)ccc1NC(=O)C1COCCN1.Cl. The van der Waals surface area contributed by atoms with Gasteiger partial charge in [-0.2, -0.15) is 0 Å². The average molecular weight is 381 g/mol. The molecule has 1 amide bonds. The van der Waals surface area contributed by atoms with Crippen LogP contribution in [0.5, 0.6) is 5.75 Å². The fraction of sp³-hybridized carbons (Fsp3) is 0.316. The van der Waals surface area contributed by atoms with Crippen molar-refractivity contribution in [2.75, 3.05) is 25.1 Å². The van der Waals surface area contributed by atoms with Crippen LogP contribution in [-0.4, -0.2) is 31.7 Å². The molecule has 0 aromatic heterocycles. The molecule has 1 atom stereocenters. The van der Waals surface area contributed by atoms with E-state index in [1.54, 1.807) is 18.2 Å². The zero-order valence-electron chi connectivity index (χ0n) is 14.5. The Balaban J connectivity index is 0.00000243. The number of hydrogen-bond acceptors (Lipinski definition) is 4. The molecule has 140 valence electrons. The molecule has 0 aliphatic carbocycles. The lowest BCUT2D eigenvalue weighted by molar-refractivity contribution is -0.120. The highest BCUT2D eigenvalue weighted by Crippen LogP contribution is 2.22. The number of halogens is 2. The van der Waals surface area contributed by atoms with Crippen LogP contribution in [0.15, 0.2) is 42.5 Å². The molecule has 1 unspecified atom stereocenters. The Morgan fingerprint density at radius 1 is 1.35 bits per heavy atom. The van der Waals surface area contributed by atoms with Gasteiger partial charge < -0.3 is 20.1 Å². The monoisotopic (exact) mass is 380 g/mol. The maximum absolute atomic E-state index is 13.2. The summed E-state index contributed by atoms with van der Waals surface area (Å²) in [5, 5.41) is 6.02. The summed E-state index contributed by atoms with van der Waals surface area (Å²) in [6, 6.07) is 11.4. The molecule has 2 aromatic carbocycles. The van der Waals surface area contributed by atoms with E-state index < -0.39 is 0 Å². The number of anilines is 1. The number of carbonyl (C=O) groups is 1. The Bertz CT molecular complexity index is 751. The van der Waals surface area contributed by atoms with E-state index in [2.05, 4.69) is 10.6 Å². The summed E-state index contributed by atoms with van der Waals surface area (Å²) in [4.78, 5) is 12.2. The van der Waals surface area contributed by atoms with Gasteiger partial charge in [0, 0.05) is 12.2 Å². The summed E-state index contributed by atoms with van der Waals surface area (Å²) in [7, 11) is 0. The number of aryl methyl sites for hydroxylation is 1. The molecule has 2 N–H and O–H groups in total. The first kappa shape index (κ1) is 20.2. The van der Waals surface area contributed by atoms with Gasteiger partial charge >= 0.3 is 0 Å². The molecule has 1 heterocycles. The molecule has 1 saturated heterocycles. The van der Waals surface area contributed by atoms with Crippen LogP contribution < -0.4 is 15.4 Å². The third-order valence-corrected chi connectivity index (χ3v) is 3.99. The van der Waals surface area contributed by atoms with Gasteiger partial charge in [0.05, 0.1) is 13.2 Å². The normalized spacial score (nSPS) is 16.5. The Morgan fingerprint density at radius 3 is 2.88 bits per heavy atom. The molecule has 7 heteroatoms. The predicted octanol–water partition coefficient (Wildman–Crippen LogP) is 3.06. The first-order valence-electron chi connectivity index (χ1n) is 8.22. The van der Waals surface area contributed by atoms with Crippen LogP contribution in [0.25, 0.3) is 0 Å². The number of benzene rings is 2. The van der Waals surface area contributed by atoms with E-state index in [-0.39, 0.29) is 36.8 Å². The molecule has 2 aromatic rings. The van der Waals surface area contributed by atoms with Gasteiger partial charge in [0.2, 0.25) is 5.91 Å². The van der Waals surface area contributed by atoms with E-state index in [1.807, 2.05) is 19.1 Å². The van der Waals surface area contributed by atoms with Crippen molar-refractivity contribution in [3.63, 3.8) is 0 Å². The topological polar surface area (TPSA) is 59.6 Å². The summed E-state index contributed by atoms with van der Waals surface area (Å²) < 4.78 is 24.2. The summed E-state index contributed by atoms with van der Waals surface area (Å²) >= 11 is 0. The van der Waals surface area contributed by atoms with Crippen molar-refractivity contribution in [3.8, 4) is 5.75 Å². The number of amides is 1. The minimum absolute atomic E-state index is 0. The van der Waals surface area contributed by atoms with Crippen molar-refractivity contribution in [3.05, 3.63) is 59.4 Å². The van der Waals surface area contributed by atoms with E-state index in [1.165, 1.54) is 12.1 Å². The van der Waals surface area contributed by atoms with Crippen molar-refractivity contribution < 1.29 is 18.7 Å². The predicted molar refractivity (Wildman–Crippen MR) is 100 cm³/mol. The second kappa shape index (κ2) is 9.52. The average Bonchev–Trinajstić information content (AvgIpc) is 2.63. The summed E-state index contributed by atoms with van der Waals surface area (Å²) in [6.07, 6.45) is 0. The Morgan fingerprint density at radius 2 is 2.19 bits per heavy atom. The van der Waals surface area contributed by atoms with E-state index in [9.17, 15) is 9.18 Å². The van der Waals surface area contributed by atoms with Crippen molar-refractivity contribution in [2.45, 2.75) is 19.6 Å². The molecule has 1 aliphatic rings. The smallest absolute Gasteiger partial charge is 0.243 e. The number of carbonyl (C=O) groups excluding carboxylic acids is 1. The van der Waals surface area contributed by atoms with Crippen LogP contribution in [0, 0.1) is 12.7 Å². The van der Waals surface area contributed by atoms with Gasteiger partial charge in [-0.05, 0) is 48.4 Å². The first-order valence-corrected chi connectivity index (χ1v) is 8.22. The Labute approximate surface area is 158 Å². The van der Waals surface area contributed by atoms with Crippen molar-refractivity contribution >= 4 is 24.0 Å². The highest BCUT2D eigenvalue weighted by atomic mass is 35.5. The number of hydrogen-bond donors (Lipinski definition) is 2. The van der Waals surface area contributed by atoms with Crippen molar-refractivity contribution in [2.24, 2.45) is 0 Å². The molecule has 26 heavy (non-hydrogen) atoms. The highest BCUT2D eigenvalue weighted by Gasteiger charge is 2.21. The van der Waals surface area contributed by atoms with Crippen LogP contribution in [-0.2, 0) is 16.1 Å². The lowest BCUT2D eigenvalue weighted by Gasteiger charge is -2.23. The Hall–Kier alpha value is -2.15.